The summed E-state index contributed by atoms with van der Waals surface area (Å²) in [5, 5.41) is 11.3. The van der Waals surface area contributed by atoms with E-state index in [9.17, 15) is 4.79 Å². The molecule has 1 saturated heterocycles. The third-order valence-electron chi connectivity index (χ3n) is 4.70. The first kappa shape index (κ1) is 15.2. The Morgan fingerprint density at radius 3 is 2.88 bits per heavy atom. The third kappa shape index (κ3) is 3.14. The zero-order chi connectivity index (χ0) is 16.4. The number of nitrogens with one attached hydrogen (secondary N) is 1. The van der Waals surface area contributed by atoms with Gasteiger partial charge in [0.25, 0.3) is 0 Å². The Bertz CT molecular complexity index is 687. The van der Waals surface area contributed by atoms with Gasteiger partial charge in [-0.1, -0.05) is 0 Å². The van der Waals surface area contributed by atoms with Gasteiger partial charge in [0, 0.05) is 39.1 Å². The lowest BCUT2D eigenvalue weighted by atomic mass is 10.3. The van der Waals surface area contributed by atoms with E-state index in [-0.39, 0.29) is 6.03 Å². The molecule has 24 heavy (non-hydrogen) atoms. The molecule has 8 nitrogen and oxygen atoms in total. The quantitative estimate of drug-likeness (QED) is 0.899. The maximum atomic E-state index is 12.3. The fraction of sp³-hybridized carbons (Fsp3) is 0.562. The van der Waals surface area contributed by atoms with Crippen LogP contribution in [0.3, 0.4) is 0 Å². The average molecular weight is 330 g/mol. The van der Waals surface area contributed by atoms with Gasteiger partial charge in [0.05, 0.1) is 19.4 Å². The molecule has 2 aliphatic heterocycles. The molecule has 2 aliphatic rings. The lowest BCUT2D eigenvalue weighted by Crippen LogP contribution is -2.51. The van der Waals surface area contributed by atoms with E-state index in [1.807, 2.05) is 17.0 Å². The summed E-state index contributed by atoms with van der Waals surface area (Å²) in [6, 6.07) is 3.86. The van der Waals surface area contributed by atoms with E-state index in [2.05, 4.69) is 25.0 Å². The van der Waals surface area contributed by atoms with Crippen molar-refractivity contribution in [3.05, 3.63) is 35.8 Å². The fourth-order valence-electron chi connectivity index (χ4n) is 3.34. The summed E-state index contributed by atoms with van der Waals surface area (Å²) >= 11 is 0. The summed E-state index contributed by atoms with van der Waals surface area (Å²) < 4.78 is 7.49. The number of carbonyl (C=O) groups excluding carboxylic acids is 1. The molecule has 0 spiro atoms. The van der Waals surface area contributed by atoms with Crippen LogP contribution in [0.2, 0.25) is 0 Å². The monoisotopic (exact) mass is 330 g/mol. The molecule has 2 amide bonds. The number of urea groups is 1. The first-order chi connectivity index (χ1) is 11.8. The third-order valence-corrected chi connectivity index (χ3v) is 4.70. The van der Waals surface area contributed by atoms with Gasteiger partial charge in [-0.05, 0) is 18.6 Å². The van der Waals surface area contributed by atoms with Crippen LogP contribution in [0, 0.1) is 0 Å². The highest BCUT2D eigenvalue weighted by Gasteiger charge is 2.23. The summed E-state index contributed by atoms with van der Waals surface area (Å²) in [5.74, 6) is 2.85. The first-order valence-electron chi connectivity index (χ1n) is 8.48. The van der Waals surface area contributed by atoms with Crippen LogP contribution in [0.15, 0.2) is 22.8 Å². The van der Waals surface area contributed by atoms with Crippen molar-refractivity contribution in [3.8, 4) is 0 Å². The summed E-state index contributed by atoms with van der Waals surface area (Å²) in [4.78, 5) is 16.5. The van der Waals surface area contributed by atoms with Crippen LogP contribution in [-0.2, 0) is 26.1 Å². The maximum Gasteiger partial charge on any atom is 0.317 e. The average Bonchev–Trinajstić information content (AvgIpc) is 3.32. The van der Waals surface area contributed by atoms with Crippen LogP contribution in [0.4, 0.5) is 4.79 Å². The van der Waals surface area contributed by atoms with Crippen LogP contribution in [0.5, 0.6) is 0 Å². The molecular weight excluding hydrogens is 308 g/mol. The van der Waals surface area contributed by atoms with Crippen LogP contribution in [0.1, 0.15) is 23.8 Å². The number of furan rings is 1. The van der Waals surface area contributed by atoms with Crippen molar-refractivity contribution in [1.29, 1.82) is 0 Å². The van der Waals surface area contributed by atoms with Gasteiger partial charge < -0.3 is 19.2 Å². The zero-order valence-electron chi connectivity index (χ0n) is 13.6. The van der Waals surface area contributed by atoms with Gasteiger partial charge in [0.2, 0.25) is 0 Å². The zero-order valence-corrected chi connectivity index (χ0v) is 13.6. The molecule has 128 valence electrons. The van der Waals surface area contributed by atoms with Crippen LogP contribution in [0.25, 0.3) is 0 Å². The number of rotatable bonds is 4. The Morgan fingerprint density at radius 2 is 2.08 bits per heavy atom. The topological polar surface area (TPSA) is 79.4 Å². The highest BCUT2D eigenvalue weighted by Crippen LogP contribution is 2.14. The van der Waals surface area contributed by atoms with Crippen molar-refractivity contribution in [2.24, 2.45) is 0 Å². The second kappa shape index (κ2) is 6.64. The number of aromatic nitrogens is 3. The minimum absolute atomic E-state index is 0.0250. The lowest BCUT2D eigenvalue weighted by Gasteiger charge is -2.34. The van der Waals surface area contributed by atoms with E-state index in [0.29, 0.717) is 6.54 Å². The molecule has 0 saturated carbocycles. The minimum atomic E-state index is -0.0250. The summed E-state index contributed by atoms with van der Waals surface area (Å²) in [6.45, 7) is 5.36. The first-order valence-corrected chi connectivity index (χ1v) is 8.48. The Hall–Kier alpha value is -2.35. The van der Waals surface area contributed by atoms with Gasteiger partial charge in [-0.2, -0.15) is 0 Å². The van der Waals surface area contributed by atoms with Crippen LogP contribution >= 0.6 is 0 Å². The van der Waals surface area contributed by atoms with Gasteiger partial charge in [-0.25, -0.2) is 4.79 Å². The van der Waals surface area contributed by atoms with E-state index >= 15 is 0 Å². The fourth-order valence-corrected chi connectivity index (χ4v) is 3.34. The van der Waals surface area contributed by atoms with E-state index in [4.69, 9.17) is 4.42 Å². The second-order valence-corrected chi connectivity index (χ2v) is 6.29. The van der Waals surface area contributed by atoms with Gasteiger partial charge in [-0.3, -0.25) is 4.90 Å². The van der Waals surface area contributed by atoms with Crippen molar-refractivity contribution in [1.82, 2.24) is 29.9 Å². The smallest absolute Gasteiger partial charge is 0.317 e. The van der Waals surface area contributed by atoms with Gasteiger partial charge in [0.15, 0.2) is 5.82 Å². The molecule has 0 atom stereocenters. The molecule has 8 heteroatoms. The highest BCUT2D eigenvalue weighted by molar-refractivity contribution is 5.74. The number of carbonyl (C=O) groups is 1. The van der Waals surface area contributed by atoms with Gasteiger partial charge >= 0.3 is 6.03 Å². The van der Waals surface area contributed by atoms with Crippen molar-refractivity contribution in [2.75, 3.05) is 26.2 Å². The molecular formula is C16H22N6O2. The van der Waals surface area contributed by atoms with E-state index in [1.54, 1.807) is 6.26 Å². The van der Waals surface area contributed by atoms with Crippen LogP contribution < -0.4 is 5.32 Å². The molecule has 4 rings (SSSR count). The summed E-state index contributed by atoms with van der Waals surface area (Å²) in [6.07, 6.45) is 3.79. The molecule has 0 aromatic carbocycles. The van der Waals surface area contributed by atoms with Crippen molar-refractivity contribution in [3.63, 3.8) is 0 Å². The Kier molecular flexibility index (Phi) is 4.20. The molecule has 4 heterocycles. The highest BCUT2D eigenvalue weighted by atomic mass is 16.3. The molecule has 1 N–H and O–H groups in total. The number of piperazine rings is 1. The summed E-state index contributed by atoms with van der Waals surface area (Å²) in [7, 11) is 0. The maximum absolute atomic E-state index is 12.3. The molecule has 0 aliphatic carbocycles. The molecule has 1 fully saturated rings. The van der Waals surface area contributed by atoms with Gasteiger partial charge in [0.1, 0.15) is 11.6 Å². The molecule has 2 aromatic rings. The number of aryl methyl sites for hydroxylation is 1. The molecule has 0 radical (unpaired) electrons. The Labute approximate surface area is 140 Å². The van der Waals surface area contributed by atoms with E-state index in [0.717, 1.165) is 69.5 Å². The standard InChI is InChI=1S/C16H22N6O2/c23-16(17-11-15-19-18-14-4-1-5-22(14)15)21-8-6-20(7-9-21)12-13-3-2-10-24-13/h2-3,10H,1,4-9,11-12H2,(H,17,23). The number of fused-ring (bicyclic) bond motifs is 1. The van der Waals surface area contributed by atoms with Crippen molar-refractivity contribution < 1.29 is 9.21 Å². The summed E-state index contributed by atoms with van der Waals surface area (Å²) in [5.41, 5.74) is 0. The molecule has 2 aromatic heterocycles. The Balaban J connectivity index is 1.24. The van der Waals surface area contributed by atoms with Crippen LogP contribution in [-0.4, -0.2) is 56.8 Å². The Morgan fingerprint density at radius 1 is 1.21 bits per heavy atom. The molecule has 0 unspecified atom stereocenters. The van der Waals surface area contributed by atoms with E-state index in [1.165, 1.54) is 0 Å². The van der Waals surface area contributed by atoms with Crippen molar-refractivity contribution >= 4 is 6.03 Å². The van der Waals surface area contributed by atoms with E-state index < -0.39 is 0 Å². The molecule has 0 bridgehead atoms. The SMILES string of the molecule is O=C(NCc1nnc2n1CCC2)N1CCN(Cc2ccco2)CC1. The minimum Gasteiger partial charge on any atom is -0.468 e. The number of hydrogen-bond acceptors (Lipinski definition) is 5. The predicted octanol–water partition coefficient (Wildman–Crippen LogP) is 0.845. The van der Waals surface area contributed by atoms with Crippen molar-refractivity contribution in [2.45, 2.75) is 32.5 Å². The predicted molar refractivity (Wildman–Crippen MR) is 86.1 cm³/mol. The normalized spacial score (nSPS) is 17.9. The second-order valence-electron chi connectivity index (χ2n) is 6.29. The number of amides is 2. The van der Waals surface area contributed by atoms with Gasteiger partial charge in [-0.15, -0.1) is 10.2 Å². The lowest BCUT2D eigenvalue weighted by molar-refractivity contribution is 0.130. The number of hydrogen-bond donors (Lipinski definition) is 1. The number of nitrogens with zero attached hydrogens (tertiary/aromatic N) is 5. The largest absolute Gasteiger partial charge is 0.468 e.